The number of hydrogen-bond acceptors (Lipinski definition) is 4. The van der Waals surface area contributed by atoms with Crippen LogP contribution in [0.1, 0.15) is 48.8 Å². The summed E-state index contributed by atoms with van der Waals surface area (Å²) < 4.78 is 1.94. The Morgan fingerprint density at radius 1 is 1.26 bits per heavy atom. The van der Waals surface area contributed by atoms with Crippen molar-refractivity contribution in [3.05, 3.63) is 35.0 Å². The number of fused-ring (bicyclic) bond motifs is 1. The molecule has 1 unspecified atom stereocenters. The Morgan fingerprint density at radius 3 is 2.65 bits per heavy atom. The Morgan fingerprint density at radius 2 is 2.04 bits per heavy atom. The van der Waals surface area contributed by atoms with Gasteiger partial charge in [0.25, 0.3) is 0 Å². The normalized spacial score (nSPS) is 12.7. The SMILES string of the molecule is CCc1c[nH]c2ncnc(NC(CC)c3c(C)nn(C)c3C)c12. The smallest absolute Gasteiger partial charge is 0.143 e. The third-order valence-electron chi connectivity index (χ3n) is 4.57. The zero-order chi connectivity index (χ0) is 16.6. The van der Waals surface area contributed by atoms with Crippen molar-refractivity contribution in [3.8, 4) is 0 Å². The first-order chi connectivity index (χ1) is 11.1. The Labute approximate surface area is 136 Å². The summed E-state index contributed by atoms with van der Waals surface area (Å²) in [5, 5.41) is 9.25. The molecule has 0 saturated carbocycles. The van der Waals surface area contributed by atoms with E-state index in [4.69, 9.17) is 0 Å². The van der Waals surface area contributed by atoms with E-state index in [2.05, 4.69) is 53.1 Å². The van der Waals surface area contributed by atoms with E-state index in [-0.39, 0.29) is 6.04 Å². The minimum Gasteiger partial charge on any atom is -0.362 e. The van der Waals surface area contributed by atoms with E-state index in [0.29, 0.717) is 0 Å². The molecule has 3 heterocycles. The molecule has 122 valence electrons. The first-order valence-electron chi connectivity index (χ1n) is 8.14. The summed E-state index contributed by atoms with van der Waals surface area (Å²) in [6, 6.07) is 0.182. The minimum absolute atomic E-state index is 0.182. The predicted octanol–water partition coefficient (Wildman–Crippen LogP) is 3.43. The highest BCUT2D eigenvalue weighted by atomic mass is 15.3. The fraction of sp³-hybridized carbons (Fsp3) is 0.471. The number of aromatic nitrogens is 5. The summed E-state index contributed by atoms with van der Waals surface area (Å²) in [7, 11) is 1.99. The molecule has 0 aromatic carbocycles. The summed E-state index contributed by atoms with van der Waals surface area (Å²) in [5.41, 5.74) is 5.64. The Kier molecular flexibility index (Phi) is 4.07. The van der Waals surface area contributed by atoms with Gasteiger partial charge >= 0.3 is 0 Å². The molecule has 0 spiro atoms. The van der Waals surface area contributed by atoms with Gasteiger partial charge in [0.1, 0.15) is 17.8 Å². The maximum Gasteiger partial charge on any atom is 0.143 e. The highest BCUT2D eigenvalue weighted by Crippen LogP contribution is 2.30. The van der Waals surface area contributed by atoms with Crippen LogP contribution in [0.3, 0.4) is 0 Å². The van der Waals surface area contributed by atoms with Crippen LogP contribution in [0.4, 0.5) is 5.82 Å². The van der Waals surface area contributed by atoms with Gasteiger partial charge in [0, 0.05) is 24.5 Å². The second-order valence-corrected chi connectivity index (χ2v) is 5.93. The number of anilines is 1. The molecule has 0 amide bonds. The van der Waals surface area contributed by atoms with Crippen molar-refractivity contribution in [2.24, 2.45) is 7.05 Å². The van der Waals surface area contributed by atoms with Gasteiger partial charge in [-0.2, -0.15) is 5.10 Å². The number of rotatable bonds is 5. The summed E-state index contributed by atoms with van der Waals surface area (Å²) in [6.45, 7) is 8.50. The van der Waals surface area contributed by atoms with Gasteiger partial charge in [-0.3, -0.25) is 4.68 Å². The maximum atomic E-state index is 4.54. The van der Waals surface area contributed by atoms with E-state index in [0.717, 1.165) is 35.4 Å². The van der Waals surface area contributed by atoms with E-state index in [1.165, 1.54) is 16.8 Å². The molecule has 3 rings (SSSR count). The van der Waals surface area contributed by atoms with E-state index in [1.54, 1.807) is 6.33 Å². The molecule has 0 bridgehead atoms. The minimum atomic E-state index is 0.182. The topological polar surface area (TPSA) is 71.4 Å². The zero-order valence-corrected chi connectivity index (χ0v) is 14.4. The number of aryl methyl sites for hydroxylation is 3. The van der Waals surface area contributed by atoms with Gasteiger partial charge in [0.15, 0.2) is 0 Å². The van der Waals surface area contributed by atoms with Crippen LogP contribution in [0.25, 0.3) is 11.0 Å². The molecule has 0 radical (unpaired) electrons. The molecule has 0 aliphatic heterocycles. The molecule has 23 heavy (non-hydrogen) atoms. The van der Waals surface area contributed by atoms with E-state index < -0.39 is 0 Å². The lowest BCUT2D eigenvalue weighted by Gasteiger charge is -2.19. The molecule has 3 aromatic rings. The maximum absolute atomic E-state index is 4.54. The van der Waals surface area contributed by atoms with Crippen molar-refractivity contribution in [1.29, 1.82) is 0 Å². The number of H-pyrrole nitrogens is 1. The van der Waals surface area contributed by atoms with Crippen LogP contribution in [0.2, 0.25) is 0 Å². The van der Waals surface area contributed by atoms with Crippen LogP contribution in [0.5, 0.6) is 0 Å². The molecule has 6 heteroatoms. The Balaban J connectivity index is 2.04. The quantitative estimate of drug-likeness (QED) is 0.757. The van der Waals surface area contributed by atoms with Crippen LogP contribution in [0, 0.1) is 13.8 Å². The van der Waals surface area contributed by atoms with Crippen molar-refractivity contribution in [3.63, 3.8) is 0 Å². The monoisotopic (exact) mass is 312 g/mol. The van der Waals surface area contributed by atoms with E-state index in [9.17, 15) is 0 Å². The first-order valence-corrected chi connectivity index (χ1v) is 8.14. The molecule has 6 nitrogen and oxygen atoms in total. The average molecular weight is 312 g/mol. The fourth-order valence-electron chi connectivity index (χ4n) is 3.25. The predicted molar refractivity (Wildman–Crippen MR) is 92.6 cm³/mol. The molecule has 0 fully saturated rings. The number of nitrogens with one attached hydrogen (secondary N) is 2. The zero-order valence-electron chi connectivity index (χ0n) is 14.4. The third-order valence-corrected chi connectivity index (χ3v) is 4.57. The molecule has 2 N–H and O–H groups in total. The number of hydrogen-bond donors (Lipinski definition) is 2. The molecule has 0 saturated heterocycles. The summed E-state index contributed by atoms with van der Waals surface area (Å²) in [6.07, 6.45) is 5.54. The van der Waals surface area contributed by atoms with Crippen LogP contribution in [-0.4, -0.2) is 24.7 Å². The van der Waals surface area contributed by atoms with Gasteiger partial charge < -0.3 is 10.3 Å². The van der Waals surface area contributed by atoms with E-state index >= 15 is 0 Å². The fourth-order valence-corrected chi connectivity index (χ4v) is 3.25. The molecular formula is C17H24N6. The Hall–Kier alpha value is -2.37. The largest absolute Gasteiger partial charge is 0.362 e. The van der Waals surface area contributed by atoms with Crippen molar-refractivity contribution in [1.82, 2.24) is 24.7 Å². The Bertz CT molecular complexity index is 829. The van der Waals surface area contributed by atoms with Crippen LogP contribution >= 0.6 is 0 Å². The van der Waals surface area contributed by atoms with Crippen LogP contribution < -0.4 is 5.32 Å². The summed E-state index contributed by atoms with van der Waals surface area (Å²) in [4.78, 5) is 12.1. The summed E-state index contributed by atoms with van der Waals surface area (Å²) in [5.74, 6) is 0.891. The lowest BCUT2D eigenvalue weighted by molar-refractivity contribution is 0.715. The number of nitrogens with zero attached hydrogens (tertiary/aromatic N) is 4. The van der Waals surface area contributed by atoms with Crippen molar-refractivity contribution in [2.45, 2.75) is 46.6 Å². The average Bonchev–Trinajstić information content (AvgIpc) is 3.07. The first kappa shape index (κ1) is 15.5. The second-order valence-electron chi connectivity index (χ2n) is 5.93. The third kappa shape index (κ3) is 2.58. The number of aromatic amines is 1. The molecule has 0 aliphatic carbocycles. The summed E-state index contributed by atoms with van der Waals surface area (Å²) >= 11 is 0. The molecule has 1 atom stereocenters. The molecular weight excluding hydrogens is 288 g/mol. The van der Waals surface area contributed by atoms with Gasteiger partial charge in [-0.15, -0.1) is 0 Å². The van der Waals surface area contributed by atoms with Crippen molar-refractivity contribution < 1.29 is 0 Å². The second kappa shape index (κ2) is 6.02. The highest BCUT2D eigenvalue weighted by Gasteiger charge is 2.20. The standard InChI is InChI=1S/C17H24N6/c1-6-12-8-18-16-15(12)17(20-9-19-16)21-13(7-2)14-10(3)22-23(5)11(14)4/h8-9,13H,6-7H2,1-5H3,(H2,18,19,20,21). The van der Waals surface area contributed by atoms with Gasteiger partial charge in [0.2, 0.25) is 0 Å². The molecule has 0 aliphatic rings. The highest BCUT2D eigenvalue weighted by molar-refractivity contribution is 5.90. The van der Waals surface area contributed by atoms with Gasteiger partial charge in [-0.05, 0) is 32.3 Å². The van der Waals surface area contributed by atoms with Gasteiger partial charge in [-0.25, -0.2) is 9.97 Å². The van der Waals surface area contributed by atoms with Gasteiger partial charge in [0.05, 0.1) is 17.1 Å². The van der Waals surface area contributed by atoms with Crippen LogP contribution in [0.15, 0.2) is 12.5 Å². The van der Waals surface area contributed by atoms with Crippen molar-refractivity contribution in [2.75, 3.05) is 5.32 Å². The lowest BCUT2D eigenvalue weighted by atomic mass is 10.0. The molecule has 3 aromatic heterocycles. The van der Waals surface area contributed by atoms with Gasteiger partial charge in [-0.1, -0.05) is 13.8 Å². The van der Waals surface area contributed by atoms with Crippen molar-refractivity contribution >= 4 is 16.9 Å². The van der Waals surface area contributed by atoms with E-state index in [1.807, 2.05) is 17.9 Å². The van der Waals surface area contributed by atoms with Crippen LogP contribution in [-0.2, 0) is 13.5 Å². The lowest BCUT2D eigenvalue weighted by Crippen LogP contribution is -2.13.